The van der Waals surface area contributed by atoms with Crippen molar-refractivity contribution in [2.75, 3.05) is 32.2 Å². The molecule has 0 saturated carbocycles. The second-order valence-corrected chi connectivity index (χ2v) is 8.23. The van der Waals surface area contributed by atoms with Crippen molar-refractivity contribution < 1.29 is 34.2 Å². The van der Waals surface area contributed by atoms with Crippen LogP contribution in [0, 0.1) is 0 Å². The fourth-order valence-corrected chi connectivity index (χ4v) is 3.54. The van der Waals surface area contributed by atoms with Crippen molar-refractivity contribution in [2.24, 2.45) is 5.73 Å². The molecule has 0 aliphatic rings. The fraction of sp³-hybridized carbons (Fsp3) is 0.875. The summed E-state index contributed by atoms with van der Waals surface area (Å²) >= 11 is 0. The first-order valence-corrected chi connectivity index (χ1v) is 10.2. The first-order valence-electron chi connectivity index (χ1n) is 6.07. The summed E-state index contributed by atoms with van der Waals surface area (Å²) < 4.78 is 0. The van der Waals surface area contributed by atoms with Crippen LogP contribution >= 0.6 is 15.9 Å². The van der Waals surface area contributed by atoms with Crippen LogP contribution < -0.4 is 11.1 Å². The second kappa shape index (κ2) is 9.11. The maximum atomic E-state index is 11.3. The average Bonchev–Trinajstić information content (AvgIpc) is 2.21. The summed E-state index contributed by atoms with van der Waals surface area (Å²) in [5.74, 6) is -0.239. The van der Waals surface area contributed by atoms with Gasteiger partial charge in [0.1, 0.15) is 0 Å². The second-order valence-electron chi connectivity index (χ2n) is 4.50. The van der Waals surface area contributed by atoms with Gasteiger partial charge in [0.05, 0.1) is 0 Å². The third-order valence-corrected chi connectivity index (χ3v) is 3.96. The standard InChI is InChI=1S/C8H25N3O7P2/c9-3-4-10-8(12)2-1-5-11(6-19(13,14)15)7-20(16,17)18/h13-20H,1-7,9H2,(H,10,12). The molecular weight excluding hydrogens is 312 g/mol. The summed E-state index contributed by atoms with van der Waals surface area (Å²) in [6.07, 6.45) is -0.739. The number of hydrogen-bond donors (Lipinski definition) is 8. The Hall–Kier alpha value is 0.01000. The molecule has 0 spiro atoms. The first-order chi connectivity index (χ1) is 9.03. The van der Waals surface area contributed by atoms with Crippen molar-refractivity contribution in [3.63, 3.8) is 0 Å². The summed E-state index contributed by atoms with van der Waals surface area (Å²) in [5, 5.41) is 2.54. The minimum atomic E-state index is -4.42. The number of carbonyl (C=O) groups is 1. The molecule has 0 radical (unpaired) electrons. The Morgan fingerprint density at radius 1 is 1.05 bits per heavy atom. The van der Waals surface area contributed by atoms with Gasteiger partial charge < -0.3 is 0 Å². The monoisotopic (exact) mass is 337 g/mol. The number of hydrogen-bond acceptors (Lipinski definition) is 9. The quantitative estimate of drug-likeness (QED) is 0.193. The van der Waals surface area contributed by atoms with Crippen molar-refractivity contribution in [3.8, 4) is 0 Å². The van der Waals surface area contributed by atoms with Crippen molar-refractivity contribution in [3.05, 3.63) is 0 Å². The molecule has 0 saturated heterocycles. The van der Waals surface area contributed by atoms with Crippen LogP contribution in [0.25, 0.3) is 0 Å². The van der Waals surface area contributed by atoms with Crippen molar-refractivity contribution in [1.29, 1.82) is 0 Å². The van der Waals surface area contributed by atoms with Crippen LogP contribution in [-0.4, -0.2) is 72.4 Å². The van der Waals surface area contributed by atoms with Gasteiger partial charge in [-0.3, -0.25) is 0 Å². The van der Waals surface area contributed by atoms with Crippen LogP contribution in [0.2, 0.25) is 0 Å². The van der Waals surface area contributed by atoms with E-state index in [0.717, 1.165) is 4.90 Å². The summed E-state index contributed by atoms with van der Waals surface area (Å²) in [6.45, 7) is 0.754. The molecule has 20 heavy (non-hydrogen) atoms. The Labute approximate surface area is 118 Å². The molecular formula is C8H25N3O7P2. The van der Waals surface area contributed by atoms with Gasteiger partial charge in [-0.15, -0.1) is 0 Å². The third kappa shape index (κ3) is 13.0. The van der Waals surface area contributed by atoms with Crippen LogP contribution in [0.4, 0.5) is 0 Å². The molecule has 0 aromatic heterocycles. The maximum absolute atomic E-state index is 11.3. The predicted octanol–water partition coefficient (Wildman–Crippen LogP) is -3.00. The number of nitrogens with two attached hydrogens (primary N) is 1. The number of carbonyl (C=O) groups excluding carboxylic acids is 1. The average molecular weight is 337 g/mol. The number of rotatable bonds is 10. The molecule has 10 nitrogen and oxygen atoms in total. The van der Waals surface area contributed by atoms with E-state index in [2.05, 4.69) is 5.32 Å². The predicted molar refractivity (Wildman–Crippen MR) is 77.7 cm³/mol. The van der Waals surface area contributed by atoms with Crippen LogP contribution in [0.15, 0.2) is 0 Å². The molecule has 0 atom stereocenters. The third-order valence-electron chi connectivity index (χ3n) is 2.22. The van der Waals surface area contributed by atoms with E-state index < -0.39 is 28.5 Å². The van der Waals surface area contributed by atoms with Crippen molar-refractivity contribution in [1.82, 2.24) is 10.2 Å². The van der Waals surface area contributed by atoms with E-state index in [1.165, 1.54) is 0 Å². The summed E-state index contributed by atoms with van der Waals surface area (Å²) in [5.41, 5.74) is 5.21. The van der Waals surface area contributed by atoms with Crippen molar-refractivity contribution in [2.45, 2.75) is 12.8 Å². The normalized spacial score (nSPS) is 14.4. The van der Waals surface area contributed by atoms with Crippen LogP contribution in [0.1, 0.15) is 12.8 Å². The first kappa shape index (κ1) is 20.0. The Morgan fingerprint density at radius 3 is 1.95 bits per heavy atom. The van der Waals surface area contributed by atoms with Gasteiger partial charge in [0, 0.05) is 0 Å². The van der Waals surface area contributed by atoms with Gasteiger partial charge in [-0.1, -0.05) is 0 Å². The molecule has 0 aliphatic heterocycles. The molecule has 0 unspecified atom stereocenters. The van der Waals surface area contributed by atoms with E-state index in [-0.39, 0.29) is 25.3 Å². The van der Waals surface area contributed by atoms with Gasteiger partial charge in [-0.2, -0.15) is 0 Å². The van der Waals surface area contributed by atoms with E-state index >= 15 is 0 Å². The summed E-state index contributed by atoms with van der Waals surface area (Å²) in [7, 11) is -8.84. The SMILES string of the molecule is NCCNC(=O)CCCN(C[PH](O)(O)O)C[PH](O)(O)O. The molecule has 0 aromatic carbocycles. The van der Waals surface area contributed by atoms with Crippen LogP contribution in [-0.2, 0) is 4.79 Å². The molecule has 9 N–H and O–H groups in total. The molecule has 0 aliphatic carbocycles. The zero-order valence-corrected chi connectivity index (χ0v) is 13.1. The Bertz CT molecular complexity index is 279. The van der Waals surface area contributed by atoms with Crippen LogP contribution in [0.5, 0.6) is 0 Å². The Kier molecular flexibility index (Phi) is 9.12. The molecule has 12 heteroatoms. The van der Waals surface area contributed by atoms with Gasteiger partial charge in [-0.25, -0.2) is 0 Å². The van der Waals surface area contributed by atoms with Gasteiger partial charge in [0.25, 0.3) is 0 Å². The van der Waals surface area contributed by atoms with Gasteiger partial charge >= 0.3 is 117 Å². The molecule has 0 aromatic rings. The van der Waals surface area contributed by atoms with Gasteiger partial charge in [0.15, 0.2) is 0 Å². The molecule has 0 heterocycles. The van der Waals surface area contributed by atoms with E-state index in [4.69, 9.17) is 35.1 Å². The van der Waals surface area contributed by atoms with E-state index in [9.17, 15) is 4.79 Å². The van der Waals surface area contributed by atoms with Crippen LogP contribution in [0.3, 0.4) is 0 Å². The fourth-order valence-electron chi connectivity index (χ4n) is 1.58. The minimum absolute atomic E-state index is 0.0862. The molecule has 124 valence electrons. The summed E-state index contributed by atoms with van der Waals surface area (Å²) in [4.78, 5) is 66.4. The van der Waals surface area contributed by atoms with E-state index in [1.54, 1.807) is 0 Å². The van der Waals surface area contributed by atoms with Crippen molar-refractivity contribution >= 4 is 21.8 Å². The Morgan fingerprint density at radius 2 is 1.55 bits per heavy atom. The number of nitrogens with zero attached hydrogens (tertiary/aromatic N) is 1. The number of amides is 1. The van der Waals surface area contributed by atoms with Gasteiger partial charge in [-0.05, 0) is 0 Å². The van der Waals surface area contributed by atoms with E-state index in [0.29, 0.717) is 13.1 Å². The Balaban J connectivity index is 4.19. The molecule has 0 fully saturated rings. The zero-order valence-electron chi connectivity index (χ0n) is 11.1. The number of nitrogens with one attached hydrogen (secondary N) is 1. The van der Waals surface area contributed by atoms with E-state index in [1.807, 2.05) is 0 Å². The summed E-state index contributed by atoms with van der Waals surface area (Å²) in [6, 6.07) is 0. The topological polar surface area (TPSA) is 180 Å². The molecule has 0 bridgehead atoms. The van der Waals surface area contributed by atoms with Gasteiger partial charge in [0.2, 0.25) is 0 Å². The molecule has 0 rings (SSSR count). The zero-order chi connectivity index (χ0) is 15.8. The molecule has 1 amide bonds.